The number of carbonyl (C=O) groups is 1. The second-order valence-corrected chi connectivity index (χ2v) is 7.51. The molecule has 0 radical (unpaired) electrons. The topological polar surface area (TPSA) is 63.5 Å². The Labute approximate surface area is 164 Å². The number of hydrogen-bond acceptors (Lipinski definition) is 4. The van der Waals surface area contributed by atoms with Gasteiger partial charge in [0.2, 0.25) is 5.91 Å². The van der Waals surface area contributed by atoms with E-state index in [-0.39, 0.29) is 17.2 Å². The van der Waals surface area contributed by atoms with E-state index in [1.165, 1.54) is 22.2 Å². The zero-order chi connectivity index (χ0) is 18.7. The maximum absolute atomic E-state index is 12.2. The monoisotopic (exact) mass is 407 g/mol. The van der Waals surface area contributed by atoms with Gasteiger partial charge in [-0.2, -0.15) is 0 Å². The van der Waals surface area contributed by atoms with E-state index in [9.17, 15) is 9.59 Å². The van der Waals surface area contributed by atoms with Gasteiger partial charge in [-0.15, -0.1) is 11.8 Å². The summed E-state index contributed by atoms with van der Waals surface area (Å²) in [4.78, 5) is 28.7. The number of nitrogens with zero attached hydrogens (tertiary/aromatic N) is 2. The summed E-state index contributed by atoms with van der Waals surface area (Å²) in [6, 6.07) is 10.1. The van der Waals surface area contributed by atoms with Crippen LogP contribution in [-0.2, 0) is 10.5 Å². The number of benzene rings is 1. The molecule has 0 spiro atoms. The van der Waals surface area contributed by atoms with Crippen molar-refractivity contribution in [3.63, 3.8) is 0 Å². The number of halogens is 2. The Morgan fingerprint density at radius 1 is 1.23 bits per heavy atom. The van der Waals surface area contributed by atoms with Gasteiger partial charge < -0.3 is 5.32 Å². The van der Waals surface area contributed by atoms with Crippen molar-refractivity contribution in [1.29, 1.82) is 0 Å². The average Bonchev–Trinajstić information content (AvgIpc) is 2.59. The van der Waals surface area contributed by atoms with Crippen LogP contribution in [0.4, 0.5) is 5.69 Å². The van der Waals surface area contributed by atoms with Gasteiger partial charge in [0.25, 0.3) is 5.56 Å². The van der Waals surface area contributed by atoms with Gasteiger partial charge in [-0.1, -0.05) is 29.3 Å². The summed E-state index contributed by atoms with van der Waals surface area (Å²) < 4.78 is 1.51. The molecule has 1 N–H and O–H groups in total. The Balaban J connectivity index is 1.62. The quantitative estimate of drug-likeness (QED) is 0.688. The molecule has 1 aromatic carbocycles. The van der Waals surface area contributed by atoms with Gasteiger partial charge in [0.05, 0.1) is 22.2 Å². The number of pyridine rings is 1. The summed E-state index contributed by atoms with van der Waals surface area (Å²) in [6.07, 6.45) is 1.75. The summed E-state index contributed by atoms with van der Waals surface area (Å²) in [5.74, 6) is 0.459. The molecule has 3 rings (SSSR count). The van der Waals surface area contributed by atoms with Gasteiger partial charge in [-0.3, -0.25) is 14.0 Å². The Bertz CT molecular complexity index is 1040. The van der Waals surface area contributed by atoms with E-state index in [1.54, 1.807) is 30.5 Å². The van der Waals surface area contributed by atoms with Crippen molar-refractivity contribution in [3.05, 3.63) is 74.3 Å². The predicted molar refractivity (Wildman–Crippen MR) is 107 cm³/mol. The molecule has 0 aliphatic rings. The molecule has 0 saturated carbocycles. The van der Waals surface area contributed by atoms with Gasteiger partial charge in [0.1, 0.15) is 5.65 Å². The van der Waals surface area contributed by atoms with E-state index in [2.05, 4.69) is 10.3 Å². The molecule has 2 aromatic heterocycles. The third-order valence-electron chi connectivity index (χ3n) is 3.55. The molecular weight excluding hydrogens is 393 g/mol. The number of fused-ring (bicyclic) bond motifs is 1. The highest BCUT2D eigenvalue weighted by atomic mass is 35.5. The SMILES string of the molecule is Cc1ccc2nc(CSCC(=O)Nc3cc(Cl)ccc3Cl)cc(=O)n2c1. The molecule has 5 nitrogen and oxygen atoms in total. The zero-order valence-electron chi connectivity index (χ0n) is 13.8. The smallest absolute Gasteiger partial charge is 0.258 e. The van der Waals surface area contributed by atoms with E-state index in [0.717, 1.165) is 5.56 Å². The first-order valence-corrected chi connectivity index (χ1v) is 9.65. The van der Waals surface area contributed by atoms with Crippen molar-refractivity contribution >= 4 is 52.2 Å². The van der Waals surface area contributed by atoms with E-state index in [0.29, 0.717) is 32.8 Å². The van der Waals surface area contributed by atoms with Gasteiger partial charge in [0, 0.05) is 23.0 Å². The van der Waals surface area contributed by atoms with Crippen LogP contribution in [-0.4, -0.2) is 21.0 Å². The highest BCUT2D eigenvalue weighted by molar-refractivity contribution is 7.99. The molecule has 134 valence electrons. The highest BCUT2D eigenvalue weighted by Crippen LogP contribution is 2.25. The zero-order valence-corrected chi connectivity index (χ0v) is 16.2. The second kappa shape index (κ2) is 8.12. The molecule has 2 heterocycles. The normalized spacial score (nSPS) is 10.9. The molecule has 8 heteroatoms. The Morgan fingerprint density at radius 3 is 2.85 bits per heavy atom. The van der Waals surface area contributed by atoms with Crippen LogP contribution in [0.3, 0.4) is 0 Å². The fraction of sp³-hybridized carbons (Fsp3) is 0.167. The van der Waals surface area contributed by atoms with Crippen LogP contribution >= 0.6 is 35.0 Å². The predicted octanol–water partition coefficient (Wildman–Crippen LogP) is 4.18. The van der Waals surface area contributed by atoms with Crippen molar-refractivity contribution in [2.24, 2.45) is 0 Å². The van der Waals surface area contributed by atoms with E-state index < -0.39 is 0 Å². The Morgan fingerprint density at radius 2 is 2.04 bits per heavy atom. The van der Waals surface area contributed by atoms with E-state index >= 15 is 0 Å². The minimum absolute atomic E-state index is 0.135. The van der Waals surface area contributed by atoms with Crippen molar-refractivity contribution in [2.45, 2.75) is 12.7 Å². The van der Waals surface area contributed by atoms with Gasteiger partial charge in [-0.05, 0) is 36.8 Å². The van der Waals surface area contributed by atoms with Crippen molar-refractivity contribution in [2.75, 3.05) is 11.1 Å². The number of aryl methyl sites for hydroxylation is 1. The number of aromatic nitrogens is 2. The van der Waals surface area contributed by atoms with Crippen LogP contribution in [0.1, 0.15) is 11.3 Å². The molecule has 1 amide bonds. The van der Waals surface area contributed by atoms with E-state index in [4.69, 9.17) is 23.2 Å². The number of amides is 1. The summed E-state index contributed by atoms with van der Waals surface area (Å²) in [7, 11) is 0. The maximum Gasteiger partial charge on any atom is 0.258 e. The number of nitrogens with one attached hydrogen (secondary N) is 1. The largest absolute Gasteiger partial charge is 0.324 e. The van der Waals surface area contributed by atoms with E-state index in [1.807, 2.05) is 13.0 Å². The molecule has 3 aromatic rings. The average molecular weight is 408 g/mol. The van der Waals surface area contributed by atoms with Crippen LogP contribution < -0.4 is 10.9 Å². The molecule has 0 bridgehead atoms. The fourth-order valence-corrected chi connectivity index (χ4v) is 3.41. The van der Waals surface area contributed by atoms with Gasteiger partial charge in [0.15, 0.2) is 0 Å². The van der Waals surface area contributed by atoms with Crippen LogP contribution in [0, 0.1) is 6.92 Å². The van der Waals surface area contributed by atoms with Crippen molar-refractivity contribution in [3.8, 4) is 0 Å². The minimum atomic E-state index is -0.202. The number of hydrogen-bond donors (Lipinski definition) is 1. The fourth-order valence-electron chi connectivity index (χ4n) is 2.36. The first-order valence-electron chi connectivity index (χ1n) is 7.74. The van der Waals surface area contributed by atoms with Gasteiger partial charge >= 0.3 is 0 Å². The van der Waals surface area contributed by atoms with Crippen molar-refractivity contribution < 1.29 is 4.79 Å². The second-order valence-electron chi connectivity index (χ2n) is 5.69. The van der Waals surface area contributed by atoms with Gasteiger partial charge in [-0.25, -0.2) is 4.98 Å². The lowest BCUT2D eigenvalue weighted by Crippen LogP contribution is -2.16. The maximum atomic E-state index is 12.2. The number of thioether (sulfide) groups is 1. The lowest BCUT2D eigenvalue weighted by atomic mass is 10.3. The van der Waals surface area contributed by atoms with Crippen molar-refractivity contribution in [1.82, 2.24) is 9.38 Å². The first-order chi connectivity index (χ1) is 12.4. The molecule has 26 heavy (non-hydrogen) atoms. The molecule has 0 fully saturated rings. The first kappa shape index (κ1) is 18.8. The summed E-state index contributed by atoms with van der Waals surface area (Å²) in [5, 5.41) is 3.64. The van der Waals surface area contributed by atoms with Crippen LogP contribution in [0.2, 0.25) is 10.0 Å². The lowest BCUT2D eigenvalue weighted by Gasteiger charge is -2.08. The Kier molecular flexibility index (Phi) is 5.86. The molecule has 0 aliphatic carbocycles. The summed E-state index contributed by atoms with van der Waals surface area (Å²) >= 11 is 13.3. The number of carbonyl (C=O) groups excluding carboxylic acids is 1. The third-order valence-corrected chi connectivity index (χ3v) is 5.08. The highest BCUT2D eigenvalue weighted by Gasteiger charge is 2.08. The Hall–Kier alpha value is -2.02. The number of rotatable bonds is 5. The standard InChI is InChI=1S/C18H15Cl2N3O2S/c1-11-2-5-16-21-13(7-18(25)23(16)8-11)9-26-10-17(24)22-15-6-12(19)3-4-14(15)20/h2-8H,9-10H2,1H3,(H,22,24). The number of anilines is 1. The molecule has 0 atom stereocenters. The molecule has 0 aliphatic heterocycles. The molecule has 0 unspecified atom stereocenters. The van der Waals surface area contributed by atoms with Crippen LogP contribution in [0.15, 0.2) is 47.4 Å². The molecule has 0 saturated heterocycles. The van der Waals surface area contributed by atoms with Crippen LogP contribution in [0.25, 0.3) is 5.65 Å². The summed E-state index contributed by atoms with van der Waals surface area (Å²) in [5.41, 5.74) is 2.55. The lowest BCUT2D eigenvalue weighted by molar-refractivity contribution is -0.113. The summed E-state index contributed by atoms with van der Waals surface area (Å²) in [6.45, 7) is 1.92. The molecular formula is C18H15Cl2N3O2S. The third kappa shape index (κ3) is 4.58. The minimum Gasteiger partial charge on any atom is -0.324 e. The van der Waals surface area contributed by atoms with Crippen LogP contribution in [0.5, 0.6) is 0 Å².